The lowest BCUT2D eigenvalue weighted by Gasteiger charge is -2.35. The number of hydrogen-bond donors (Lipinski definition) is 2. The summed E-state index contributed by atoms with van der Waals surface area (Å²) in [5, 5.41) is 20.8. The van der Waals surface area contributed by atoms with Gasteiger partial charge in [0.15, 0.2) is 5.82 Å². The van der Waals surface area contributed by atoms with Gasteiger partial charge >= 0.3 is 6.01 Å². The lowest BCUT2D eigenvalue weighted by molar-refractivity contribution is 0.108. The fourth-order valence-electron chi connectivity index (χ4n) is 8.85. The summed E-state index contributed by atoms with van der Waals surface area (Å²) in [6.07, 6.45) is 9.63. The standard InChI is InChI=1S/C37H33F4N7O2/c1-3-24-27(38)8-5-19-11-23(49)12-25(28(19)24)29-31(39)33-30(26-17-46(2)45-32(26)29)35(47-15-21-6-7-22(16-47)42-21)44-36(43-33)50-18-37-9-4-10-48(37)14-20(13-37)34(40)41/h1,5,8,11-12,17,21-22,42,49H,4,6-7,9-10,13-16,18H2,2H3/t21?,22?,37-/m0/s1. The maximum Gasteiger partial charge on any atom is 0.319 e. The highest BCUT2D eigenvalue weighted by Crippen LogP contribution is 2.46. The summed E-state index contributed by atoms with van der Waals surface area (Å²) < 4.78 is 68.0. The molecule has 3 aromatic carbocycles. The summed E-state index contributed by atoms with van der Waals surface area (Å²) in [6.45, 7) is 2.21. The van der Waals surface area contributed by atoms with Crippen LogP contribution in [0.3, 0.4) is 0 Å². The van der Waals surface area contributed by atoms with E-state index in [0.29, 0.717) is 48.0 Å². The molecule has 4 aliphatic rings. The van der Waals surface area contributed by atoms with E-state index in [1.54, 1.807) is 17.9 Å². The van der Waals surface area contributed by atoms with Gasteiger partial charge in [0.25, 0.3) is 6.08 Å². The summed E-state index contributed by atoms with van der Waals surface area (Å²) in [5.41, 5.74) is -0.191. The van der Waals surface area contributed by atoms with Crippen LogP contribution in [0.2, 0.25) is 0 Å². The number of benzene rings is 3. The highest BCUT2D eigenvalue weighted by atomic mass is 19.3. The van der Waals surface area contributed by atoms with Crippen molar-refractivity contribution < 1.29 is 27.4 Å². The molecule has 256 valence electrons. The van der Waals surface area contributed by atoms with Gasteiger partial charge < -0.3 is 20.1 Å². The molecule has 2 N–H and O–H groups in total. The minimum atomic E-state index is -1.65. The molecule has 13 heteroatoms. The zero-order valence-corrected chi connectivity index (χ0v) is 27.2. The average Bonchev–Trinajstić information content (AvgIpc) is 3.85. The van der Waals surface area contributed by atoms with E-state index >= 15 is 8.78 Å². The van der Waals surface area contributed by atoms with Gasteiger partial charge in [0.1, 0.15) is 35.0 Å². The van der Waals surface area contributed by atoms with Gasteiger partial charge in [0.05, 0.1) is 16.5 Å². The third kappa shape index (κ3) is 4.72. The normalized spacial score (nSPS) is 23.4. The number of nitrogens with zero attached hydrogens (tertiary/aromatic N) is 6. The second kappa shape index (κ2) is 11.3. The van der Waals surface area contributed by atoms with E-state index < -0.39 is 23.3 Å². The Hall–Kier alpha value is -4.93. The van der Waals surface area contributed by atoms with Crippen LogP contribution in [-0.4, -0.2) is 80.2 Å². The Bertz CT molecular complexity index is 2320. The molecular formula is C37H33F4N7O2. The Morgan fingerprint density at radius 3 is 2.68 bits per heavy atom. The van der Waals surface area contributed by atoms with Crippen LogP contribution in [0.4, 0.5) is 23.4 Å². The molecule has 0 aliphatic carbocycles. The molecule has 0 spiro atoms. The maximum absolute atomic E-state index is 17.5. The van der Waals surface area contributed by atoms with Crippen molar-refractivity contribution in [2.45, 2.75) is 49.7 Å². The summed E-state index contributed by atoms with van der Waals surface area (Å²) in [5.74, 6) is 1.32. The van der Waals surface area contributed by atoms with Crippen molar-refractivity contribution in [3.63, 3.8) is 0 Å². The number of nitrogens with one attached hydrogen (secondary N) is 1. The molecule has 6 heterocycles. The number of aromatic nitrogens is 4. The van der Waals surface area contributed by atoms with Gasteiger partial charge in [-0.1, -0.05) is 12.0 Å². The molecule has 4 saturated heterocycles. The molecule has 9 nitrogen and oxygen atoms in total. The minimum absolute atomic E-state index is 0.00312. The number of phenolic OH excluding ortho intramolecular Hbond substituents is 1. The summed E-state index contributed by atoms with van der Waals surface area (Å²) in [7, 11) is 1.72. The number of anilines is 1. The Morgan fingerprint density at radius 2 is 1.92 bits per heavy atom. The van der Waals surface area contributed by atoms with E-state index in [0.717, 1.165) is 19.3 Å². The van der Waals surface area contributed by atoms with Crippen LogP contribution in [-0.2, 0) is 7.05 Å². The van der Waals surface area contributed by atoms with Crippen molar-refractivity contribution >= 4 is 38.4 Å². The Balaban J connectivity index is 1.28. The first-order chi connectivity index (χ1) is 24.1. The van der Waals surface area contributed by atoms with E-state index in [1.807, 2.05) is 4.90 Å². The van der Waals surface area contributed by atoms with Crippen LogP contribution in [0.1, 0.15) is 37.7 Å². The minimum Gasteiger partial charge on any atom is -0.508 e. The van der Waals surface area contributed by atoms with E-state index in [9.17, 15) is 13.9 Å². The summed E-state index contributed by atoms with van der Waals surface area (Å²) in [4.78, 5) is 13.8. The number of hydrogen-bond acceptors (Lipinski definition) is 8. The topological polar surface area (TPSA) is 91.6 Å². The molecule has 0 radical (unpaired) electrons. The van der Waals surface area contributed by atoms with Crippen molar-refractivity contribution in [3.8, 4) is 35.2 Å². The van der Waals surface area contributed by atoms with Gasteiger partial charge in [0.2, 0.25) is 0 Å². The number of rotatable bonds is 5. The molecular weight excluding hydrogens is 650 g/mol. The van der Waals surface area contributed by atoms with E-state index in [-0.39, 0.29) is 82.1 Å². The second-order valence-corrected chi connectivity index (χ2v) is 14.1. The molecule has 2 bridgehead atoms. The zero-order chi connectivity index (χ0) is 34.5. The van der Waals surface area contributed by atoms with Gasteiger partial charge in [-0.15, -0.1) is 6.42 Å². The first-order valence-corrected chi connectivity index (χ1v) is 16.8. The number of fused-ring (bicyclic) bond motifs is 7. The van der Waals surface area contributed by atoms with Gasteiger partial charge in [-0.25, -0.2) is 8.78 Å². The average molecular weight is 684 g/mol. The predicted octanol–water partition coefficient (Wildman–Crippen LogP) is 6.01. The third-order valence-electron chi connectivity index (χ3n) is 11.0. The summed E-state index contributed by atoms with van der Waals surface area (Å²) >= 11 is 0. The fraction of sp³-hybridized carbons (Fsp3) is 0.378. The van der Waals surface area contributed by atoms with Crippen LogP contribution >= 0.6 is 0 Å². The monoisotopic (exact) mass is 683 g/mol. The lowest BCUT2D eigenvalue weighted by Crippen LogP contribution is -2.51. The number of aryl methyl sites for hydroxylation is 1. The number of halogens is 4. The van der Waals surface area contributed by atoms with Crippen LogP contribution < -0.4 is 15.0 Å². The lowest BCUT2D eigenvalue weighted by atomic mass is 9.91. The predicted molar refractivity (Wildman–Crippen MR) is 181 cm³/mol. The van der Waals surface area contributed by atoms with Gasteiger partial charge in [0, 0.05) is 66.9 Å². The van der Waals surface area contributed by atoms with E-state index in [4.69, 9.17) is 16.1 Å². The number of phenols is 1. The molecule has 4 aliphatic heterocycles. The van der Waals surface area contributed by atoms with Crippen LogP contribution in [0.15, 0.2) is 42.1 Å². The molecule has 50 heavy (non-hydrogen) atoms. The van der Waals surface area contributed by atoms with Crippen LogP contribution in [0.25, 0.3) is 43.7 Å². The Morgan fingerprint density at radius 1 is 1.12 bits per heavy atom. The van der Waals surface area contributed by atoms with Crippen LogP contribution in [0.5, 0.6) is 11.8 Å². The molecule has 0 saturated carbocycles. The molecule has 2 aromatic heterocycles. The Kier molecular flexibility index (Phi) is 7.02. The van der Waals surface area contributed by atoms with E-state index in [1.165, 1.54) is 24.3 Å². The number of piperazine rings is 1. The van der Waals surface area contributed by atoms with Crippen molar-refractivity contribution in [2.24, 2.45) is 7.05 Å². The summed E-state index contributed by atoms with van der Waals surface area (Å²) in [6, 6.07) is 5.91. The number of aromatic hydroxyl groups is 1. The van der Waals surface area contributed by atoms with E-state index in [2.05, 4.69) is 26.2 Å². The quantitative estimate of drug-likeness (QED) is 0.172. The Labute approximate surface area is 284 Å². The largest absolute Gasteiger partial charge is 0.508 e. The van der Waals surface area contributed by atoms with Crippen molar-refractivity contribution in [1.29, 1.82) is 0 Å². The highest BCUT2D eigenvalue weighted by Gasteiger charge is 2.48. The molecule has 9 rings (SSSR count). The molecule has 5 aromatic rings. The molecule has 2 unspecified atom stereocenters. The van der Waals surface area contributed by atoms with Gasteiger partial charge in [-0.05, 0) is 67.8 Å². The van der Waals surface area contributed by atoms with Crippen molar-refractivity contribution in [2.75, 3.05) is 37.7 Å². The number of terminal acetylenes is 1. The van der Waals surface area contributed by atoms with Crippen LogP contribution in [0, 0.1) is 24.0 Å². The van der Waals surface area contributed by atoms with Gasteiger partial charge in [-0.3, -0.25) is 9.58 Å². The SMILES string of the molecule is C#Cc1c(F)ccc2cc(O)cc(-c3c(F)c4nc(OC[C@@]56CCCN5CC(=C(F)F)C6)nc(N5CC6CCC(C5)N6)c4c4cn(C)nc34)c12. The fourth-order valence-corrected chi connectivity index (χ4v) is 8.85. The smallest absolute Gasteiger partial charge is 0.319 e. The molecule has 4 fully saturated rings. The molecule has 3 atom stereocenters. The first kappa shape index (κ1) is 31.1. The number of ether oxygens (including phenoxy) is 1. The van der Waals surface area contributed by atoms with Gasteiger partial charge in [-0.2, -0.15) is 23.8 Å². The van der Waals surface area contributed by atoms with Crippen molar-refractivity contribution in [3.05, 3.63) is 59.3 Å². The highest BCUT2D eigenvalue weighted by molar-refractivity contribution is 6.18. The third-order valence-corrected chi connectivity index (χ3v) is 11.0. The molecule has 0 amide bonds. The second-order valence-electron chi connectivity index (χ2n) is 14.1. The maximum atomic E-state index is 17.5. The van der Waals surface area contributed by atoms with Crippen molar-refractivity contribution in [1.82, 2.24) is 30.0 Å². The zero-order valence-electron chi connectivity index (χ0n) is 27.2. The first-order valence-electron chi connectivity index (χ1n) is 16.8.